The highest BCUT2D eigenvalue weighted by Gasteiger charge is 2.25. The zero-order chi connectivity index (χ0) is 76.2. The molecular formula is C108H88N4. The number of aryl methyl sites for hydroxylation is 4. The summed E-state index contributed by atoms with van der Waals surface area (Å²) in [5.74, 6) is 0. The number of anilines is 12. The molecule has 0 fully saturated rings. The average Bonchev–Trinajstić information content (AvgIpc) is 0.729. The van der Waals surface area contributed by atoms with Crippen LogP contribution >= 0.6 is 0 Å². The van der Waals surface area contributed by atoms with Gasteiger partial charge in [-0.2, -0.15) is 0 Å². The van der Waals surface area contributed by atoms with Crippen molar-refractivity contribution in [3.8, 4) is 44.5 Å². The lowest BCUT2D eigenvalue weighted by atomic mass is 9.81. The fourth-order valence-electron chi connectivity index (χ4n) is 16.2. The van der Waals surface area contributed by atoms with E-state index in [9.17, 15) is 0 Å². The third kappa shape index (κ3) is 14.2. The van der Waals surface area contributed by atoms with Gasteiger partial charge >= 0.3 is 0 Å². The molecule has 0 saturated carbocycles. The van der Waals surface area contributed by atoms with E-state index in [0.717, 1.165) is 68.2 Å². The third-order valence-corrected chi connectivity index (χ3v) is 22.0. The van der Waals surface area contributed by atoms with E-state index in [-0.39, 0.29) is 5.41 Å². The maximum absolute atomic E-state index is 2.43. The van der Waals surface area contributed by atoms with Crippen LogP contribution in [0, 0.1) is 27.7 Å². The molecule has 0 heterocycles. The summed E-state index contributed by atoms with van der Waals surface area (Å²) in [7, 11) is 0. The van der Waals surface area contributed by atoms with Crippen LogP contribution in [0.4, 0.5) is 68.2 Å². The zero-order valence-electron chi connectivity index (χ0n) is 64.5. The minimum Gasteiger partial charge on any atom is -0.311 e. The van der Waals surface area contributed by atoms with Gasteiger partial charge in [0.15, 0.2) is 0 Å². The average molecular weight is 1440 g/mol. The van der Waals surface area contributed by atoms with Gasteiger partial charge in [-0.3, -0.25) is 0 Å². The number of nitrogens with zero attached hydrogens (tertiary/aromatic N) is 4. The van der Waals surface area contributed by atoms with Crippen molar-refractivity contribution in [3.63, 3.8) is 0 Å². The summed E-state index contributed by atoms with van der Waals surface area (Å²) in [6.45, 7) is 15.8. The number of para-hydroxylation sites is 6. The second kappa shape index (κ2) is 31.1. The molecule has 4 heteroatoms. The Labute approximate surface area is 659 Å². The van der Waals surface area contributed by atoms with E-state index >= 15 is 0 Å². The molecule has 18 aromatic carbocycles. The smallest absolute Gasteiger partial charge is 0.0463 e. The number of rotatable bonds is 16. The normalized spacial score (nSPS) is 11.3. The third-order valence-electron chi connectivity index (χ3n) is 22.0. The second-order valence-corrected chi connectivity index (χ2v) is 30.2. The van der Waals surface area contributed by atoms with E-state index in [1.165, 1.54) is 115 Å². The highest BCUT2D eigenvalue weighted by Crippen LogP contribution is 2.50. The van der Waals surface area contributed by atoms with Crippen LogP contribution in [0.25, 0.3) is 87.6 Å². The van der Waals surface area contributed by atoms with E-state index in [2.05, 4.69) is 475 Å². The van der Waals surface area contributed by atoms with Crippen LogP contribution in [-0.4, -0.2) is 0 Å². The van der Waals surface area contributed by atoms with Crippen molar-refractivity contribution < 1.29 is 0 Å². The fourth-order valence-corrected chi connectivity index (χ4v) is 16.2. The van der Waals surface area contributed by atoms with Gasteiger partial charge in [-0.15, -0.1) is 0 Å². The van der Waals surface area contributed by atoms with Crippen LogP contribution in [0.5, 0.6) is 0 Å². The van der Waals surface area contributed by atoms with Gasteiger partial charge in [-0.05, 0) is 300 Å². The molecule has 0 unspecified atom stereocenters. The molecule has 0 bridgehead atoms. The zero-order valence-corrected chi connectivity index (χ0v) is 64.5. The Bertz CT molecular complexity index is 6160. The van der Waals surface area contributed by atoms with Crippen molar-refractivity contribution in [2.75, 3.05) is 19.6 Å². The minimum absolute atomic E-state index is 0.0127. The summed E-state index contributed by atoms with van der Waals surface area (Å²) in [6.07, 6.45) is 0. The summed E-state index contributed by atoms with van der Waals surface area (Å²) < 4.78 is 0. The van der Waals surface area contributed by atoms with Gasteiger partial charge < -0.3 is 19.6 Å². The van der Waals surface area contributed by atoms with E-state index in [1.807, 2.05) is 0 Å². The van der Waals surface area contributed by atoms with Crippen LogP contribution < -0.4 is 19.6 Å². The predicted octanol–water partition coefficient (Wildman–Crippen LogP) is 31.1. The molecule has 0 spiro atoms. The first-order valence-corrected chi connectivity index (χ1v) is 38.9. The Balaban J connectivity index is 0.000000163. The standard InChI is InChI=1S/2C54H44N2/c1-37-33-49-51(35-39(37)3)54(52-36-40(4)38(2)34-50(52)53(49)41-17-9-5-10-18-41)42-25-27-46(28-26-42)56(45-23-15-8-16-24-45)48-31-29-47(30-32-48)55(43-19-11-6-12-20-43)44-21-13-7-14-22-44;1-54(2,3)41-30-37-50-51(38-41)53(49-27-17-16-26-48(49)52(50)39-18-8-4-9-19-39)40-28-31-45(32-29-40)56(44-24-14-7-15-25-44)47-35-33-46(34-36-47)55(42-20-10-5-11-21-42)43-22-12-6-13-23-43/h5-36H,1-4H3;4-38H,1-3H3. The van der Waals surface area contributed by atoms with Gasteiger partial charge in [0, 0.05) is 68.2 Å². The highest BCUT2D eigenvalue weighted by molar-refractivity contribution is 6.23. The largest absolute Gasteiger partial charge is 0.311 e. The maximum atomic E-state index is 2.43. The Kier molecular flexibility index (Phi) is 19.7. The van der Waals surface area contributed by atoms with Crippen molar-refractivity contribution in [1.29, 1.82) is 0 Å². The maximum Gasteiger partial charge on any atom is 0.0463 e. The molecule has 112 heavy (non-hydrogen) atoms. The fraction of sp³-hybridized carbons (Fsp3) is 0.0741. The minimum atomic E-state index is 0.0127. The lowest BCUT2D eigenvalue weighted by Crippen LogP contribution is -2.12. The van der Waals surface area contributed by atoms with Crippen molar-refractivity contribution >= 4 is 111 Å². The van der Waals surface area contributed by atoms with E-state index in [0.29, 0.717) is 0 Å². The number of benzene rings is 18. The van der Waals surface area contributed by atoms with Gasteiger partial charge in [0.1, 0.15) is 0 Å². The molecule has 18 aromatic rings. The Morgan fingerprint density at radius 1 is 0.161 bits per heavy atom. The highest BCUT2D eigenvalue weighted by atomic mass is 15.2. The second-order valence-electron chi connectivity index (χ2n) is 30.2. The van der Waals surface area contributed by atoms with Gasteiger partial charge in [0.25, 0.3) is 0 Å². The molecule has 0 saturated heterocycles. The molecule has 0 radical (unpaired) electrons. The first kappa shape index (κ1) is 71.1. The molecular weight excluding hydrogens is 1350 g/mol. The Morgan fingerprint density at radius 3 is 0.589 bits per heavy atom. The van der Waals surface area contributed by atoms with Gasteiger partial charge in [0.05, 0.1) is 0 Å². The molecule has 18 rings (SSSR count). The van der Waals surface area contributed by atoms with Crippen molar-refractivity contribution in [1.82, 2.24) is 0 Å². The van der Waals surface area contributed by atoms with Crippen LogP contribution in [-0.2, 0) is 5.41 Å². The molecule has 0 N–H and O–H groups in total. The monoisotopic (exact) mass is 1440 g/mol. The summed E-state index contributed by atoms with van der Waals surface area (Å²) in [4.78, 5) is 9.29. The molecule has 0 aliphatic carbocycles. The lowest BCUT2D eigenvalue weighted by molar-refractivity contribution is 0.591. The lowest BCUT2D eigenvalue weighted by Gasteiger charge is -2.28. The quantitative estimate of drug-likeness (QED) is 0.0894. The molecule has 0 aliphatic heterocycles. The van der Waals surface area contributed by atoms with Crippen molar-refractivity contribution in [3.05, 3.63) is 434 Å². The van der Waals surface area contributed by atoms with E-state index in [4.69, 9.17) is 0 Å². The summed E-state index contributed by atoms with van der Waals surface area (Å²) in [5.41, 5.74) is 29.9. The van der Waals surface area contributed by atoms with Gasteiger partial charge in [-0.25, -0.2) is 0 Å². The topological polar surface area (TPSA) is 13.0 Å². The summed E-state index contributed by atoms with van der Waals surface area (Å²) >= 11 is 0. The predicted molar refractivity (Wildman–Crippen MR) is 481 cm³/mol. The van der Waals surface area contributed by atoms with Gasteiger partial charge in [0.2, 0.25) is 0 Å². The molecule has 4 nitrogen and oxygen atoms in total. The van der Waals surface area contributed by atoms with E-state index < -0.39 is 0 Å². The molecule has 0 aliphatic rings. The summed E-state index contributed by atoms with van der Waals surface area (Å²) in [5, 5.41) is 10.2. The molecule has 0 atom stereocenters. The van der Waals surface area contributed by atoms with E-state index in [1.54, 1.807) is 0 Å². The number of fused-ring (bicyclic) bond motifs is 4. The Hall–Kier alpha value is -13.8. The van der Waals surface area contributed by atoms with Crippen molar-refractivity contribution in [2.45, 2.75) is 53.9 Å². The Morgan fingerprint density at radius 2 is 0.339 bits per heavy atom. The molecule has 0 amide bonds. The van der Waals surface area contributed by atoms with Crippen LogP contribution in [0.3, 0.4) is 0 Å². The van der Waals surface area contributed by atoms with Crippen LogP contribution in [0.1, 0.15) is 48.6 Å². The molecule has 0 aromatic heterocycles. The summed E-state index contributed by atoms with van der Waals surface area (Å²) in [6, 6.07) is 147. The van der Waals surface area contributed by atoms with Crippen molar-refractivity contribution in [2.24, 2.45) is 0 Å². The molecule has 540 valence electrons. The van der Waals surface area contributed by atoms with Gasteiger partial charge in [-0.1, -0.05) is 276 Å². The van der Waals surface area contributed by atoms with Crippen LogP contribution in [0.2, 0.25) is 0 Å². The van der Waals surface area contributed by atoms with Crippen LogP contribution in [0.15, 0.2) is 406 Å². The number of hydrogen-bond donors (Lipinski definition) is 0. The number of hydrogen-bond acceptors (Lipinski definition) is 4. The SMILES string of the molecule is CC(C)(C)c1ccc2c(-c3ccccc3)c3ccccc3c(-c3ccc(N(c4ccccc4)c4ccc(N(c5ccccc5)c5ccccc5)cc4)cc3)c2c1.Cc1cc2c(-c3ccccc3)c3cc(C)c(C)cc3c(-c3ccc(N(c4ccccc4)c4ccc(N(c5ccccc5)c5ccccc5)cc4)cc3)c2cc1C. The first-order chi connectivity index (χ1) is 54.9. The first-order valence-electron chi connectivity index (χ1n) is 38.9.